The van der Waals surface area contributed by atoms with Gasteiger partial charge in [0.2, 0.25) is 23.6 Å². The van der Waals surface area contributed by atoms with Crippen molar-refractivity contribution in [3.63, 3.8) is 0 Å². The fourth-order valence-corrected chi connectivity index (χ4v) is 4.26. The van der Waals surface area contributed by atoms with Gasteiger partial charge in [0.05, 0.1) is 6.61 Å². The van der Waals surface area contributed by atoms with Crippen LogP contribution in [0.2, 0.25) is 0 Å². The molecule has 2 atom stereocenters. The third-order valence-electron chi connectivity index (χ3n) is 6.69. The fourth-order valence-electron chi connectivity index (χ4n) is 4.26. The Morgan fingerprint density at radius 1 is 0.787 bits per heavy atom. The SMILES string of the molecule is CCOC(=O)CNC(=O)[C@@H](CCCNC(=O)[C@@H](CCCN)NC(=O)Cn1cc(C)c(=O)[nH]c1=O)NC(=O)Cn1cc(C)c(=O)[nH]c1=O. The summed E-state index contributed by atoms with van der Waals surface area (Å²) in [5.41, 5.74) is 3.20. The van der Waals surface area contributed by atoms with E-state index in [2.05, 4.69) is 31.2 Å². The summed E-state index contributed by atoms with van der Waals surface area (Å²) >= 11 is 0. The molecule has 258 valence electrons. The maximum atomic E-state index is 12.9. The highest BCUT2D eigenvalue weighted by Gasteiger charge is 2.24. The number of amides is 4. The van der Waals surface area contributed by atoms with Gasteiger partial charge in [0.15, 0.2) is 0 Å². The second-order valence-corrected chi connectivity index (χ2v) is 10.5. The van der Waals surface area contributed by atoms with Crippen LogP contribution >= 0.6 is 0 Å². The lowest BCUT2D eigenvalue weighted by molar-refractivity contribution is -0.143. The molecule has 0 bridgehead atoms. The summed E-state index contributed by atoms with van der Waals surface area (Å²) in [7, 11) is 0. The summed E-state index contributed by atoms with van der Waals surface area (Å²) in [6.45, 7) is 3.46. The van der Waals surface area contributed by atoms with Crippen LogP contribution in [0.3, 0.4) is 0 Å². The molecule has 0 saturated carbocycles. The Bertz CT molecular complexity index is 1670. The van der Waals surface area contributed by atoms with E-state index in [9.17, 15) is 43.2 Å². The topological polar surface area (TPSA) is 278 Å². The Hall–Kier alpha value is -5.33. The molecular formula is C28H41N9O10. The molecule has 47 heavy (non-hydrogen) atoms. The Balaban J connectivity index is 2.03. The maximum Gasteiger partial charge on any atom is 0.328 e. The molecular weight excluding hydrogens is 622 g/mol. The average molecular weight is 664 g/mol. The highest BCUT2D eigenvalue weighted by Crippen LogP contribution is 2.01. The Morgan fingerprint density at radius 2 is 1.26 bits per heavy atom. The first-order valence-electron chi connectivity index (χ1n) is 14.9. The van der Waals surface area contributed by atoms with Crippen molar-refractivity contribution in [3.05, 3.63) is 65.2 Å². The number of carbonyl (C=O) groups is 5. The van der Waals surface area contributed by atoms with Crippen LogP contribution in [0, 0.1) is 13.8 Å². The van der Waals surface area contributed by atoms with Gasteiger partial charge in [-0.05, 0) is 53.0 Å². The molecule has 0 aliphatic heterocycles. The summed E-state index contributed by atoms with van der Waals surface area (Å²) in [5, 5.41) is 10.1. The van der Waals surface area contributed by atoms with Gasteiger partial charge in [-0.1, -0.05) is 0 Å². The number of H-pyrrole nitrogens is 2. The number of aromatic amines is 2. The first-order chi connectivity index (χ1) is 22.2. The lowest BCUT2D eigenvalue weighted by Gasteiger charge is -2.20. The van der Waals surface area contributed by atoms with Crippen molar-refractivity contribution in [3.8, 4) is 0 Å². The van der Waals surface area contributed by atoms with Gasteiger partial charge in [0.25, 0.3) is 11.1 Å². The van der Waals surface area contributed by atoms with E-state index in [1.54, 1.807) is 6.92 Å². The molecule has 0 unspecified atom stereocenters. The second kappa shape index (κ2) is 18.6. The van der Waals surface area contributed by atoms with E-state index >= 15 is 0 Å². The predicted molar refractivity (Wildman–Crippen MR) is 166 cm³/mol. The number of aromatic nitrogens is 4. The molecule has 0 aliphatic rings. The molecule has 4 amide bonds. The van der Waals surface area contributed by atoms with E-state index in [0.717, 1.165) is 9.13 Å². The standard InChI is InChI=1S/C28H41N9O10/c1-4-47-22(40)11-31-26(44)19(33-21(39)15-37-13-17(3)24(42)35-28(37)46)8-6-10-30-25(43)18(7-5-9-29)32-20(38)14-36-12-16(2)23(41)34-27(36)45/h12-13,18-19H,4-11,14-15,29H2,1-3H3,(H,30,43)(H,31,44)(H,32,38)(H,33,39)(H,34,41,45)(H,35,42,46)/t18-,19-/m1/s1. The summed E-state index contributed by atoms with van der Waals surface area (Å²) in [6, 6.07) is -2.19. The molecule has 2 rings (SSSR count). The van der Waals surface area contributed by atoms with Crippen LogP contribution in [-0.2, 0) is 41.8 Å². The number of nitrogens with zero attached hydrogens (tertiary/aromatic N) is 2. The van der Waals surface area contributed by atoms with Crippen molar-refractivity contribution < 1.29 is 28.7 Å². The Kier molecular flexibility index (Phi) is 15.0. The summed E-state index contributed by atoms with van der Waals surface area (Å²) in [6.07, 6.45) is 3.16. The van der Waals surface area contributed by atoms with E-state index in [0.29, 0.717) is 6.42 Å². The molecule has 0 aliphatic carbocycles. The molecule has 2 heterocycles. The summed E-state index contributed by atoms with van der Waals surface area (Å²) < 4.78 is 6.76. The minimum Gasteiger partial charge on any atom is -0.465 e. The first-order valence-corrected chi connectivity index (χ1v) is 14.9. The zero-order valence-electron chi connectivity index (χ0n) is 26.4. The number of ether oxygens (including phenoxy) is 1. The average Bonchev–Trinajstić information content (AvgIpc) is 3.00. The van der Waals surface area contributed by atoms with E-state index in [1.807, 2.05) is 0 Å². The van der Waals surface area contributed by atoms with E-state index in [4.69, 9.17) is 10.5 Å². The summed E-state index contributed by atoms with van der Waals surface area (Å²) in [4.78, 5) is 114. The molecule has 19 nitrogen and oxygen atoms in total. The van der Waals surface area contributed by atoms with E-state index < -0.39 is 83.8 Å². The molecule has 2 aromatic rings. The van der Waals surface area contributed by atoms with Crippen molar-refractivity contribution in [1.82, 2.24) is 40.4 Å². The molecule has 0 aromatic carbocycles. The molecule has 19 heteroatoms. The lowest BCUT2D eigenvalue weighted by atomic mass is 10.1. The third-order valence-corrected chi connectivity index (χ3v) is 6.69. The van der Waals surface area contributed by atoms with Crippen molar-refractivity contribution in [1.29, 1.82) is 0 Å². The van der Waals surface area contributed by atoms with E-state index in [1.165, 1.54) is 26.2 Å². The number of nitrogens with two attached hydrogens (primary N) is 1. The smallest absolute Gasteiger partial charge is 0.328 e. The van der Waals surface area contributed by atoms with Gasteiger partial charge in [-0.3, -0.25) is 52.7 Å². The normalized spacial score (nSPS) is 12.0. The van der Waals surface area contributed by atoms with Gasteiger partial charge in [-0.25, -0.2) is 9.59 Å². The maximum absolute atomic E-state index is 12.9. The van der Waals surface area contributed by atoms with Gasteiger partial charge < -0.3 is 31.7 Å². The van der Waals surface area contributed by atoms with Crippen LogP contribution in [-0.4, -0.2) is 87.0 Å². The van der Waals surface area contributed by atoms with Crippen LogP contribution in [0.15, 0.2) is 31.6 Å². The largest absolute Gasteiger partial charge is 0.465 e. The second-order valence-electron chi connectivity index (χ2n) is 10.5. The summed E-state index contributed by atoms with van der Waals surface area (Å²) in [5.74, 6) is -3.37. The van der Waals surface area contributed by atoms with Crippen molar-refractivity contribution in [2.45, 2.75) is 71.6 Å². The van der Waals surface area contributed by atoms with Crippen LogP contribution in [0.5, 0.6) is 0 Å². The number of rotatable bonds is 18. The Labute approximate surface area is 267 Å². The van der Waals surface area contributed by atoms with Gasteiger partial charge in [0, 0.05) is 30.1 Å². The minimum atomic E-state index is -1.18. The molecule has 0 fully saturated rings. The fraction of sp³-hybridized carbons (Fsp3) is 0.536. The number of carbonyl (C=O) groups excluding carboxylic acids is 5. The van der Waals surface area contributed by atoms with Crippen molar-refractivity contribution >= 4 is 29.6 Å². The number of esters is 1. The number of hydrogen-bond donors (Lipinski definition) is 7. The zero-order valence-corrected chi connectivity index (χ0v) is 26.4. The predicted octanol–water partition coefficient (Wildman–Crippen LogP) is -4.01. The van der Waals surface area contributed by atoms with E-state index in [-0.39, 0.29) is 50.1 Å². The van der Waals surface area contributed by atoms with Crippen molar-refractivity contribution in [2.75, 3.05) is 26.2 Å². The molecule has 0 spiro atoms. The first kappa shape index (κ1) is 37.9. The Morgan fingerprint density at radius 3 is 1.72 bits per heavy atom. The quantitative estimate of drug-likeness (QED) is 0.0596. The van der Waals surface area contributed by atoms with Gasteiger partial charge in [0.1, 0.15) is 31.7 Å². The third kappa shape index (κ3) is 12.5. The molecule has 0 saturated heterocycles. The van der Waals surface area contributed by atoms with Crippen molar-refractivity contribution in [2.24, 2.45) is 5.73 Å². The minimum absolute atomic E-state index is 0.00543. The van der Waals surface area contributed by atoms with Gasteiger partial charge in [-0.2, -0.15) is 0 Å². The molecule has 2 aromatic heterocycles. The molecule has 0 radical (unpaired) electrons. The highest BCUT2D eigenvalue weighted by atomic mass is 16.5. The van der Waals surface area contributed by atoms with Gasteiger partial charge >= 0.3 is 17.3 Å². The zero-order chi connectivity index (χ0) is 35.1. The van der Waals surface area contributed by atoms with Crippen LogP contribution in [0.25, 0.3) is 0 Å². The highest BCUT2D eigenvalue weighted by molar-refractivity contribution is 5.89. The van der Waals surface area contributed by atoms with Crippen LogP contribution < -0.4 is 49.5 Å². The van der Waals surface area contributed by atoms with Crippen LogP contribution in [0.1, 0.15) is 43.7 Å². The lowest BCUT2D eigenvalue weighted by Crippen LogP contribution is -2.50. The van der Waals surface area contributed by atoms with Crippen LogP contribution in [0.4, 0.5) is 0 Å². The van der Waals surface area contributed by atoms with Gasteiger partial charge in [-0.15, -0.1) is 0 Å². The number of nitrogens with one attached hydrogen (secondary N) is 6. The number of aryl methyl sites for hydroxylation is 2. The monoisotopic (exact) mass is 663 g/mol. The number of hydrogen-bond acceptors (Lipinski definition) is 11. The molecule has 8 N–H and O–H groups in total.